The first-order valence-electron chi connectivity index (χ1n) is 13.9. The SMILES string of the molecule is CCCCCCCCCCC=CC(CC(=O)O)C(=O)O.CCC[CH2][Sn]([CH2]CCC)[CH2]CCC. The number of unbranched alkanes of at least 4 members (excludes halogenated alkanes) is 11. The van der Waals surface area contributed by atoms with Crippen molar-refractivity contribution in [3.8, 4) is 0 Å². The summed E-state index contributed by atoms with van der Waals surface area (Å²) in [6, 6.07) is 0. The second-order valence-corrected chi connectivity index (χ2v) is 17.9. The van der Waals surface area contributed by atoms with E-state index in [1.807, 2.05) is 0 Å². The molecule has 195 valence electrons. The summed E-state index contributed by atoms with van der Waals surface area (Å²) < 4.78 is 5.04. The Balaban J connectivity index is 0. The van der Waals surface area contributed by atoms with E-state index in [0.29, 0.717) is 0 Å². The maximum atomic E-state index is 10.8. The van der Waals surface area contributed by atoms with Crippen LogP contribution in [0.25, 0.3) is 0 Å². The molecule has 0 bridgehead atoms. The number of rotatable bonds is 22. The molecule has 2 N–H and O–H groups in total. The van der Waals surface area contributed by atoms with E-state index < -0.39 is 37.6 Å². The maximum absolute atomic E-state index is 10.8. The Hall–Kier alpha value is -0.521. The standard InChI is InChI=1S/C16H28O4.3C4H9.Sn/c1-2-3-4-5-6-7-8-9-10-11-12-14(16(19)20)13-15(17)18;3*1-3-4-2;/h11-12,14H,2-10,13H2,1H3,(H,17,18)(H,19,20);3*1,3-4H2,2H3;. The van der Waals surface area contributed by atoms with Gasteiger partial charge in [0.2, 0.25) is 0 Å². The van der Waals surface area contributed by atoms with Crippen LogP contribution in [0.2, 0.25) is 13.3 Å². The molecule has 0 aromatic rings. The van der Waals surface area contributed by atoms with Crippen LogP contribution in [0.15, 0.2) is 12.2 Å². The first-order chi connectivity index (χ1) is 15.9. The molecule has 0 rings (SSSR count). The fourth-order valence-electron chi connectivity index (χ4n) is 3.74. The number of aliphatic carboxylic acids is 2. The topological polar surface area (TPSA) is 74.6 Å². The predicted octanol–water partition coefficient (Wildman–Crippen LogP) is 9.13. The van der Waals surface area contributed by atoms with Crippen molar-refractivity contribution >= 4 is 31.7 Å². The Morgan fingerprint density at radius 1 is 0.667 bits per heavy atom. The number of hydrogen-bond donors (Lipinski definition) is 2. The van der Waals surface area contributed by atoms with Gasteiger partial charge in [-0.25, -0.2) is 0 Å². The van der Waals surface area contributed by atoms with E-state index in [4.69, 9.17) is 10.2 Å². The first kappa shape index (κ1) is 34.6. The molecule has 33 heavy (non-hydrogen) atoms. The number of allylic oxidation sites excluding steroid dienone is 1. The molecule has 0 amide bonds. The molecular weight excluding hydrogens is 519 g/mol. The number of carbonyl (C=O) groups is 2. The second kappa shape index (κ2) is 27.7. The summed E-state index contributed by atoms with van der Waals surface area (Å²) in [4.78, 5) is 21.3. The van der Waals surface area contributed by atoms with Crippen molar-refractivity contribution in [2.45, 2.75) is 144 Å². The van der Waals surface area contributed by atoms with Crippen molar-refractivity contribution < 1.29 is 19.8 Å². The monoisotopic (exact) mass is 575 g/mol. The quantitative estimate of drug-likeness (QED) is 0.0768. The normalized spacial score (nSPS) is 12.0. The molecule has 4 nitrogen and oxygen atoms in total. The summed E-state index contributed by atoms with van der Waals surface area (Å²) in [5.74, 6) is -3.05. The van der Waals surface area contributed by atoms with E-state index in [-0.39, 0.29) is 6.42 Å². The fourth-order valence-corrected chi connectivity index (χ4v) is 13.2. The minimum absolute atomic E-state index is 0.344. The molecule has 1 atom stereocenters. The summed E-state index contributed by atoms with van der Waals surface area (Å²) in [7, 11) is 0. The van der Waals surface area contributed by atoms with Gasteiger partial charge in [0.15, 0.2) is 0 Å². The van der Waals surface area contributed by atoms with Crippen LogP contribution in [0.3, 0.4) is 0 Å². The molecule has 1 unspecified atom stereocenters. The minimum atomic E-state index is -1.07. The van der Waals surface area contributed by atoms with Crippen LogP contribution in [0.1, 0.15) is 130 Å². The molecule has 0 heterocycles. The Morgan fingerprint density at radius 2 is 1.09 bits per heavy atom. The summed E-state index contributed by atoms with van der Waals surface area (Å²) >= 11 is -0.839. The zero-order chi connectivity index (χ0) is 25.2. The van der Waals surface area contributed by atoms with E-state index >= 15 is 0 Å². The molecular formula is C28H55O4Sn. The van der Waals surface area contributed by atoms with Crippen LogP contribution in [-0.2, 0) is 9.59 Å². The average Bonchev–Trinajstić information content (AvgIpc) is 2.79. The van der Waals surface area contributed by atoms with Crippen LogP contribution in [0, 0.1) is 5.92 Å². The van der Waals surface area contributed by atoms with Gasteiger partial charge >= 0.3 is 104 Å². The van der Waals surface area contributed by atoms with E-state index in [1.54, 1.807) is 19.4 Å². The van der Waals surface area contributed by atoms with E-state index in [1.165, 1.54) is 83.1 Å². The van der Waals surface area contributed by atoms with Gasteiger partial charge in [0, 0.05) is 0 Å². The van der Waals surface area contributed by atoms with Gasteiger partial charge in [0.25, 0.3) is 0 Å². The molecule has 0 saturated heterocycles. The first-order valence-corrected chi connectivity index (χ1v) is 19.9. The fraction of sp³-hybridized carbons (Fsp3) is 0.857. The molecule has 0 aromatic carbocycles. The van der Waals surface area contributed by atoms with Gasteiger partial charge in [0.1, 0.15) is 0 Å². The van der Waals surface area contributed by atoms with Gasteiger partial charge in [-0.15, -0.1) is 0 Å². The van der Waals surface area contributed by atoms with Gasteiger partial charge in [0.05, 0.1) is 12.3 Å². The second-order valence-electron chi connectivity index (χ2n) is 9.29. The molecule has 0 aromatic heterocycles. The summed E-state index contributed by atoms with van der Waals surface area (Å²) in [5, 5.41) is 17.4. The molecule has 0 aliphatic rings. The van der Waals surface area contributed by atoms with E-state index in [9.17, 15) is 9.59 Å². The van der Waals surface area contributed by atoms with Crippen LogP contribution in [0.4, 0.5) is 0 Å². The van der Waals surface area contributed by atoms with Gasteiger partial charge in [-0.3, -0.25) is 9.59 Å². The van der Waals surface area contributed by atoms with Crippen molar-refractivity contribution in [3.63, 3.8) is 0 Å². The third kappa shape index (κ3) is 27.6. The van der Waals surface area contributed by atoms with Crippen molar-refractivity contribution in [2.24, 2.45) is 5.92 Å². The molecule has 0 spiro atoms. The average molecular weight is 574 g/mol. The van der Waals surface area contributed by atoms with Crippen LogP contribution in [0.5, 0.6) is 0 Å². The van der Waals surface area contributed by atoms with Gasteiger partial charge < -0.3 is 10.2 Å². The molecule has 0 saturated carbocycles. The summed E-state index contributed by atoms with van der Waals surface area (Å²) in [5.41, 5.74) is 0. The third-order valence-electron chi connectivity index (χ3n) is 5.96. The molecule has 0 fully saturated rings. The van der Waals surface area contributed by atoms with Gasteiger partial charge in [-0.1, -0.05) is 64.0 Å². The number of carboxylic acids is 2. The summed E-state index contributed by atoms with van der Waals surface area (Å²) in [6.45, 7) is 9.21. The van der Waals surface area contributed by atoms with Crippen molar-refractivity contribution in [2.75, 3.05) is 0 Å². The Labute approximate surface area is 212 Å². The Kier molecular flexibility index (Phi) is 29.1. The van der Waals surface area contributed by atoms with Crippen LogP contribution in [-0.4, -0.2) is 41.9 Å². The summed E-state index contributed by atoms with van der Waals surface area (Å²) in [6.07, 6.45) is 22.6. The zero-order valence-corrected chi connectivity index (χ0v) is 25.2. The molecule has 0 aliphatic heterocycles. The molecule has 5 heteroatoms. The molecule has 0 aliphatic carbocycles. The third-order valence-corrected chi connectivity index (χ3v) is 15.0. The Bertz CT molecular complexity index is 446. The number of hydrogen-bond acceptors (Lipinski definition) is 2. The van der Waals surface area contributed by atoms with Crippen LogP contribution >= 0.6 is 0 Å². The van der Waals surface area contributed by atoms with Gasteiger partial charge in [-0.05, 0) is 12.8 Å². The van der Waals surface area contributed by atoms with Crippen molar-refractivity contribution in [1.82, 2.24) is 0 Å². The predicted molar refractivity (Wildman–Crippen MR) is 145 cm³/mol. The molecule has 1 radical (unpaired) electrons. The van der Waals surface area contributed by atoms with Crippen molar-refractivity contribution in [1.29, 1.82) is 0 Å². The van der Waals surface area contributed by atoms with E-state index in [2.05, 4.69) is 27.7 Å². The van der Waals surface area contributed by atoms with Gasteiger partial charge in [-0.2, -0.15) is 0 Å². The zero-order valence-electron chi connectivity index (χ0n) is 22.4. The van der Waals surface area contributed by atoms with Crippen molar-refractivity contribution in [3.05, 3.63) is 12.2 Å². The number of carboxylic acid groups (broad SMARTS) is 2. The van der Waals surface area contributed by atoms with E-state index in [0.717, 1.165) is 19.3 Å². The Morgan fingerprint density at radius 3 is 1.48 bits per heavy atom. The van der Waals surface area contributed by atoms with Crippen LogP contribution < -0.4 is 0 Å².